The lowest BCUT2D eigenvalue weighted by molar-refractivity contribution is 0.0346. The second-order valence-electron chi connectivity index (χ2n) is 5.30. The summed E-state index contributed by atoms with van der Waals surface area (Å²) in [6, 6.07) is 6.08. The van der Waals surface area contributed by atoms with Crippen LogP contribution in [0.5, 0.6) is 5.75 Å². The number of aliphatic hydroxyl groups excluding tert-OH is 1. The highest BCUT2D eigenvalue weighted by molar-refractivity contribution is 5.38. The lowest BCUT2D eigenvalue weighted by atomic mass is 10.1. The van der Waals surface area contributed by atoms with Gasteiger partial charge in [-0.3, -0.25) is 0 Å². The Bertz CT molecular complexity index is 405. The van der Waals surface area contributed by atoms with Crippen molar-refractivity contribution in [3.05, 3.63) is 29.3 Å². The fourth-order valence-electron chi connectivity index (χ4n) is 2.34. The molecular formula is C15H23NO2. The zero-order chi connectivity index (χ0) is 13.1. The highest BCUT2D eigenvalue weighted by atomic mass is 16.5. The van der Waals surface area contributed by atoms with Crippen molar-refractivity contribution in [3.63, 3.8) is 0 Å². The molecule has 0 aliphatic carbocycles. The van der Waals surface area contributed by atoms with E-state index in [4.69, 9.17) is 4.74 Å². The molecule has 1 aromatic carbocycles. The van der Waals surface area contributed by atoms with Crippen LogP contribution in [-0.4, -0.2) is 42.4 Å². The molecule has 2 rings (SSSR count). The van der Waals surface area contributed by atoms with Crippen LogP contribution in [0.3, 0.4) is 0 Å². The van der Waals surface area contributed by atoms with Gasteiger partial charge in [-0.05, 0) is 50.9 Å². The van der Waals surface area contributed by atoms with E-state index in [1.165, 1.54) is 11.1 Å². The maximum Gasteiger partial charge on any atom is 0.126 e. The smallest absolute Gasteiger partial charge is 0.126 e. The monoisotopic (exact) mass is 249 g/mol. The van der Waals surface area contributed by atoms with Gasteiger partial charge in [-0.15, -0.1) is 0 Å². The summed E-state index contributed by atoms with van der Waals surface area (Å²) in [6.07, 6.45) is 1.21. The van der Waals surface area contributed by atoms with Gasteiger partial charge >= 0.3 is 0 Å². The molecule has 0 aromatic heterocycles. The van der Waals surface area contributed by atoms with Gasteiger partial charge in [0.05, 0.1) is 6.10 Å². The Morgan fingerprint density at radius 1 is 1.22 bits per heavy atom. The van der Waals surface area contributed by atoms with Crippen LogP contribution in [0.25, 0.3) is 0 Å². The van der Waals surface area contributed by atoms with Crippen molar-refractivity contribution in [1.29, 1.82) is 0 Å². The topological polar surface area (TPSA) is 32.7 Å². The summed E-state index contributed by atoms with van der Waals surface area (Å²) < 4.78 is 6.03. The first-order chi connectivity index (χ1) is 8.58. The first kappa shape index (κ1) is 13.4. The number of nitrogens with zero attached hydrogens (tertiary/aromatic N) is 1. The third kappa shape index (κ3) is 3.03. The molecule has 0 unspecified atom stereocenters. The van der Waals surface area contributed by atoms with E-state index in [0.717, 1.165) is 31.7 Å². The van der Waals surface area contributed by atoms with Gasteiger partial charge < -0.3 is 14.7 Å². The number of benzene rings is 1. The molecule has 1 saturated heterocycles. The van der Waals surface area contributed by atoms with E-state index in [1.54, 1.807) is 0 Å². The summed E-state index contributed by atoms with van der Waals surface area (Å²) in [5.41, 5.74) is 2.40. The number of hydrogen-bond acceptors (Lipinski definition) is 3. The standard InChI is InChI=1S/C15H23NO2/c1-11-5-4-6-14(12(11)2)18-15-8-10-16(3)9-7-13(15)17/h4-6,13,15,17H,7-10H2,1-3H3/t13-,15-/m0/s1. The quantitative estimate of drug-likeness (QED) is 0.871. The molecule has 0 amide bonds. The van der Waals surface area contributed by atoms with Gasteiger partial charge in [0, 0.05) is 13.1 Å². The van der Waals surface area contributed by atoms with Gasteiger partial charge in [0.25, 0.3) is 0 Å². The number of hydrogen-bond donors (Lipinski definition) is 1. The largest absolute Gasteiger partial charge is 0.487 e. The van der Waals surface area contributed by atoms with Crippen LogP contribution in [0.1, 0.15) is 24.0 Å². The van der Waals surface area contributed by atoms with Gasteiger partial charge in [-0.25, -0.2) is 0 Å². The van der Waals surface area contributed by atoms with Crippen molar-refractivity contribution in [3.8, 4) is 5.75 Å². The number of aryl methyl sites for hydroxylation is 1. The van der Waals surface area contributed by atoms with Crippen molar-refractivity contribution in [2.45, 2.75) is 38.9 Å². The molecule has 18 heavy (non-hydrogen) atoms. The Morgan fingerprint density at radius 3 is 2.72 bits per heavy atom. The Hall–Kier alpha value is -1.06. The van der Waals surface area contributed by atoms with E-state index in [9.17, 15) is 5.11 Å². The third-order valence-corrected chi connectivity index (χ3v) is 3.86. The molecule has 3 nitrogen and oxygen atoms in total. The fourth-order valence-corrected chi connectivity index (χ4v) is 2.34. The number of rotatable bonds is 2. The molecule has 1 aliphatic rings. The predicted octanol–water partition coefficient (Wildman–Crippen LogP) is 2.14. The normalized spacial score (nSPS) is 25.8. The van der Waals surface area contributed by atoms with Crippen LogP contribution in [0.2, 0.25) is 0 Å². The minimum atomic E-state index is -0.366. The van der Waals surface area contributed by atoms with Gasteiger partial charge in [0.2, 0.25) is 0 Å². The SMILES string of the molecule is Cc1cccc(O[C@H]2CCN(C)CC[C@@H]2O)c1C. The molecular weight excluding hydrogens is 226 g/mol. The molecule has 1 fully saturated rings. The summed E-state index contributed by atoms with van der Waals surface area (Å²) >= 11 is 0. The predicted molar refractivity (Wildman–Crippen MR) is 73.1 cm³/mol. The fraction of sp³-hybridized carbons (Fsp3) is 0.600. The zero-order valence-electron chi connectivity index (χ0n) is 11.5. The molecule has 0 saturated carbocycles. The number of ether oxygens (including phenoxy) is 1. The minimum absolute atomic E-state index is 0.0875. The maximum atomic E-state index is 10.1. The molecule has 1 N–H and O–H groups in total. The van der Waals surface area contributed by atoms with E-state index in [0.29, 0.717) is 0 Å². The van der Waals surface area contributed by atoms with Crippen molar-refractivity contribution in [1.82, 2.24) is 4.90 Å². The van der Waals surface area contributed by atoms with Gasteiger partial charge in [0.1, 0.15) is 11.9 Å². The summed E-state index contributed by atoms with van der Waals surface area (Å²) in [6.45, 7) is 6.07. The molecule has 0 bridgehead atoms. The average molecular weight is 249 g/mol. The Balaban J connectivity index is 2.10. The van der Waals surface area contributed by atoms with Crippen LogP contribution in [0.4, 0.5) is 0 Å². The van der Waals surface area contributed by atoms with Crippen molar-refractivity contribution in [2.75, 3.05) is 20.1 Å². The van der Waals surface area contributed by atoms with E-state index >= 15 is 0 Å². The molecule has 0 spiro atoms. The van der Waals surface area contributed by atoms with Gasteiger partial charge in [-0.2, -0.15) is 0 Å². The van der Waals surface area contributed by atoms with Crippen molar-refractivity contribution >= 4 is 0 Å². The Kier molecular flexibility index (Phi) is 4.25. The van der Waals surface area contributed by atoms with Crippen molar-refractivity contribution < 1.29 is 9.84 Å². The summed E-state index contributed by atoms with van der Waals surface area (Å²) in [5, 5.41) is 10.1. The molecule has 1 heterocycles. The van der Waals surface area contributed by atoms with Crippen LogP contribution in [0, 0.1) is 13.8 Å². The highest BCUT2D eigenvalue weighted by Crippen LogP contribution is 2.24. The summed E-state index contributed by atoms with van der Waals surface area (Å²) in [5.74, 6) is 0.906. The minimum Gasteiger partial charge on any atom is -0.487 e. The first-order valence-corrected chi connectivity index (χ1v) is 6.67. The first-order valence-electron chi connectivity index (χ1n) is 6.67. The zero-order valence-corrected chi connectivity index (χ0v) is 11.5. The maximum absolute atomic E-state index is 10.1. The third-order valence-electron chi connectivity index (χ3n) is 3.86. The van der Waals surface area contributed by atoms with Crippen LogP contribution in [-0.2, 0) is 0 Å². The van der Waals surface area contributed by atoms with E-state index < -0.39 is 0 Å². The van der Waals surface area contributed by atoms with Crippen molar-refractivity contribution in [2.24, 2.45) is 0 Å². The van der Waals surface area contributed by atoms with E-state index in [2.05, 4.69) is 31.9 Å². The molecule has 100 valence electrons. The molecule has 3 heteroatoms. The van der Waals surface area contributed by atoms with Crippen LogP contribution in [0.15, 0.2) is 18.2 Å². The molecule has 0 radical (unpaired) electrons. The van der Waals surface area contributed by atoms with E-state index in [-0.39, 0.29) is 12.2 Å². The lowest BCUT2D eigenvalue weighted by Crippen LogP contribution is -2.31. The summed E-state index contributed by atoms with van der Waals surface area (Å²) in [7, 11) is 2.09. The average Bonchev–Trinajstić information content (AvgIpc) is 2.50. The summed E-state index contributed by atoms with van der Waals surface area (Å²) in [4.78, 5) is 2.25. The van der Waals surface area contributed by atoms with E-state index in [1.807, 2.05) is 12.1 Å². The second kappa shape index (κ2) is 5.72. The number of likely N-dealkylation sites (tertiary alicyclic amines) is 1. The number of aliphatic hydroxyl groups is 1. The molecule has 2 atom stereocenters. The highest BCUT2D eigenvalue weighted by Gasteiger charge is 2.25. The Morgan fingerprint density at radius 2 is 1.94 bits per heavy atom. The van der Waals surface area contributed by atoms with Gasteiger partial charge in [0.15, 0.2) is 0 Å². The Labute approximate surface area is 109 Å². The second-order valence-corrected chi connectivity index (χ2v) is 5.30. The molecule has 1 aliphatic heterocycles. The van der Waals surface area contributed by atoms with Crippen LogP contribution >= 0.6 is 0 Å². The van der Waals surface area contributed by atoms with Crippen LogP contribution < -0.4 is 4.74 Å². The lowest BCUT2D eigenvalue weighted by Gasteiger charge is -2.23. The molecule has 1 aromatic rings. The van der Waals surface area contributed by atoms with Gasteiger partial charge in [-0.1, -0.05) is 12.1 Å².